The van der Waals surface area contributed by atoms with Crippen molar-refractivity contribution in [3.63, 3.8) is 0 Å². The van der Waals surface area contributed by atoms with Crippen molar-refractivity contribution in [2.45, 2.75) is 11.6 Å². The highest BCUT2D eigenvalue weighted by molar-refractivity contribution is 7.90. The van der Waals surface area contributed by atoms with Gasteiger partial charge in [-0.25, -0.2) is 13.4 Å². The third-order valence-electron chi connectivity index (χ3n) is 2.57. The number of pyridine rings is 2. The molecule has 0 aliphatic heterocycles. The fraction of sp³-hybridized carbons (Fsp3) is 0.154. The average Bonchev–Trinajstić information content (AvgIpc) is 2.45. The van der Waals surface area contributed by atoms with Crippen LogP contribution in [0.25, 0.3) is 0 Å². The molecule has 0 spiro atoms. The fourth-order valence-corrected chi connectivity index (χ4v) is 2.08. The van der Waals surface area contributed by atoms with Gasteiger partial charge in [-0.2, -0.15) is 0 Å². The lowest BCUT2D eigenvalue weighted by molar-refractivity contribution is 0.0950. The Kier molecular flexibility index (Phi) is 4.09. The van der Waals surface area contributed by atoms with Crippen LogP contribution < -0.4 is 5.32 Å². The van der Waals surface area contributed by atoms with Gasteiger partial charge in [0.1, 0.15) is 0 Å². The Morgan fingerprint density at radius 2 is 1.90 bits per heavy atom. The number of hydrogen-bond donors (Lipinski definition) is 1. The van der Waals surface area contributed by atoms with Crippen LogP contribution in [0, 0.1) is 0 Å². The molecule has 104 valence electrons. The van der Waals surface area contributed by atoms with Crippen molar-refractivity contribution in [2.75, 3.05) is 6.26 Å². The van der Waals surface area contributed by atoms with E-state index >= 15 is 0 Å². The SMILES string of the molecule is CS(=O)(=O)c1ccc(CNC(=O)c2ccncc2)cn1. The van der Waals surface area contributed by atoms with E-state index in [1.807, 2.05) is 0 Å². The number of rotatable bonds is 4. The number of aromatic nitrogens is 2. The van der Waals surface area contributed by atoms with E-state index in [-0.39, 0.29) is 17.5 Å². The first kappa shape index (κ1) is 14.1. The molecule has 1 amide bonds. The molecule has 0 aromatic carbocycles. The smallest absolute Gasteiger partial charge is 0.251 e. The van der Waals surface area contributed by atoms with Crippen molar-refractivity contribution in [1.29, 1.82) is 0 Å². The highest BCUT2D eigenvalue weighted by atomic mass is 32.2. The first-order chi connectivity index (χ1) is 9.47. The van der Waals surface area contributed by atoms with E-state index < -0.39 is 9.84 Å². The van der Waals surface area contributed by atoms with Crippen LogP contribution in [0.3, 0.4) is 0 Å². The molecule has 7 heteroatoms. The summed E-state index contributed by atoms with van der Waals surface area (Å²) in [5, 5.41) is 2.73. The minimum atomic E-state index is -3.30. The predicted octanol–water partition coefficient (Wildman–Crippen LogP) is 0.810. The number of carbonyl (C=O) groups excluding carboxylic acids is 1. The third kappa shape index (κ3) is 3.61. The monoisotopic (exact) mass is 291 g/mol. The summed E-state index contributed by atoms with van der Waals surface area (Å²) in [4.78, 5) is 19.5. The zero-order chi connectivity index (χ0) is 14.6. The van der Waals surface area contributed by atoms with Crippen LogP contribution in [-0.4, -0.2) is 30.5 Å². The largest absolute Gasteiger partial charge is 0.348 e. The van der Waals surface area contributed by atoms with Crippen molar-refractivity contribution < 1.29 is 13.2 Å². The molecule has 0 unspecified atom stereocenters. The van der Waals surface area contributed by atoms with Crippen LogP contribution >= 0.6 is 0 Å². The van der Waals surface area contributed by atoms with Gasteiger partial charge in [0.05, 0.1) is 0 Å². The summed E-state index contributed by atoms with van der Waals surface area (Å²) in [7, 11) is -3.30. The van der Waals surface area contributed by atoms with Crippen LogP contribution in [0.15, 0.2) is 47.9 Å². The summed E-state index contributed by atoms with van der Waals surface area (Å²) in [6.07, 6.45) is 5.61. The summed E-state index contributed by atoms with van der Waals surface area (Å²) < 4.78 is 22.5. The van der Waals surface area contributed by atoms with Crippen LogP contribution in [-0.2, 0) is 16.4 Å². The van der Waals surface area contributed by atoms with Crippen LogP contribution in [0.2, 0.25) is 0 Å². The second-order valence-corrected chi connectivity index (χ2v) is 6.16. The number of hydrogen-bond acceptors (Lipinski definition) is 5. The number of amides is 1. The molecular weight excluding hydrogens is 278 g/mol. The highest BCUT2D eigenvalue weighted by Gasteiger charge is 2.09. The Morgan fingerprint density at radius 3 is 2.45 bits per heavy atom. The molecule has 2 heterocycles. The molecule has 0 aliphatic carbocycles. The van der Waals surface area contributed by atoms with Gasteiger partial charge in [0.25, 0.3) is 5.91 Å². The first-order valence-electron chi connectivity index (χ1n) is 5.80. The molecule has 2 rings (SSSR count). The molecule has 0 saturated heterocycles. The van der Waals surface area contributed by atoms with Crippen LogP contribution in [0.5, 0.6) is 0 Å². The second kappa shape index (κ2) is 5.79. The molecule has 0 bridgehead atoms. The molecule has 0 radical (unpaired) electrons. The molecule has 2 aromatic rings. The zero-order valence-corrected chi connectivity index (χ0v) is 11.6. The topological polar surface area (TPSA) is 89.0 Å². The summed E-state index contributed by atoms with van der Waals surface area (Å²) in [6, 6.07) is 6.26. The molecule has 20 heavy (non-hydrogen) atoms. The van der Waals surface area contributed by atoms with Crippen LogP contribution in [0.4, 0.5) is 0 Å². The average molecular weight is 291 g/mol. The molecule has 0 fully saturated rings. The van der Waals surface area contributed by atoms with Gasteiger partial charge in [-0.05, 0) is 23.8 Å². The van der Waals surface area contributed by atoms with Gasteiger partial charge in [-0.1, -0.05) is 6.07 Å². The van der Waals surface area contributed by atoms with Gasteiger partial charge in [0, 0.05) is 37.0 Å². The molecule has 6 nitrogen and oxygen atoms in total. The Labute approximate surface area is 116 Å². The van der Waals surface area contributed by atoms with E-state index in [0.29, 0.717) is 5.56 Å². The molecule has 1 N–H and O–H groups in total. The molecular formula is C13H13N3O3S. The van der Waals surface area contributed by atoms with E-state index in [9.17, 15) is 13.2 Å². The van der Waals surface area contributed by atoms with Crippen molar-refractivity contribution in [3.05, 3.63) is 54.0 Å². The summed E-state index contributed by atoms with van der Waals surface area (Å²) in [5.74, 6) is -0.223. The number of nitrogens with zero attached hydrogens (tertiary/aromatic N) is 2. The molecule has 0 aliphatic rings. The lowest BCUT2D eigenvalue weighted by atomic mass is 10.2. The number of sulfone groups is 1. The van der Waals surface area contributed by atoms with Gasteiger partial charge < -0.3 is 5.32 Å². The fourth-order valence-electron chi connectivity index (χ4n) is 1.52. The standard InChI is InChI=1S/C13H13N3O3S/c1-20(18,19)12-3-2-10(8-15-12)9-16-13(17)11-4-6-14-7-5-11/h2-8H,9H2,1H3,(H,16,17). The molecule has 0 atom stereocenters. The summed E-state index contributed by atoms with van der Waals surface area (Å²) in [5.41, 5.74) is 1.24. The maximum absolute atomic E-state index is 11.8. The molecule has 2 aromatic heterocycles. The highest BCUT2D eigenvalue weighted by Crippen LogP contribution is 2.06. The van der Waals surface area contributed by atoms with Gasteiger partial charge in [-0.3, -0.25) is 9.78 Å². The maximum atomic E-state index is 11.8. The van der Waals surface area contributed by atoms with Crippen molar-refractivity contribution in [3.8, 4) is 0 Å². The van der Waals surface area contributed by atoms with Crippen molar-refractivity contribution >= 4 is 15.7 Å². The van der Waals surface area contributed by atoms with E-state index in [2.05, 4.69) is 15.3 Å². The Hall–Kier alpha value is -2.28. The van der Waals surface area contributed by atoms with Gasteiger partial charge in [-0.15, -0.1) is 0 Å². The Bertz CT molecular complexity index is 697. The van der Waals surface area contributed by atoms with Crippen LogP contribution in [0.1, 0.15) is 15.9 Å². The van der Waals surface area contributed by atoms with Gasteiger partial charge in [0.15, 0.2) is 14.9 Å². The Morgan fingerprint density at radius 1 is 1.20 bits per heavy atom. The van der Waals surface area contributed by atoms with E-state index in [1.54, 1.807) is 18.2 Å². The van der Waals surface area contributed by atoms with E-state index in [0.717, 1.165) is 11.8 Å². The lowest BCUT2D eigenvalue weighted by Crippen LogP contribution is -2.22. The zero-order valence-electron chi connectivity index (χ0n) is 10.8. The minimum absolute atomic E-state index is 0.0155. The van der Waals surface area contributed by atoms with E-state index in [1.165, 1.54) is 24.7 Å². The Balaban J connectivity index is 2.00. The number of carbonyl (C=O) groups is 1. The minimum Gasteiger partial charge on any atom is -0.348 e. The lowest BCUT2D eigenvalue weighted by Gasteiger charge is -2.05. The quantitative estimate of drug-likeness (QED) is 0.900. The van der Waals surface area contributed by atoms with E-state index in [4.69, 9.17) is 0 Å². The molecule has 0 saturated carbocycles. The predicted molar refractivity (Wildman–Crippen MR) is 72.8 cm³/mol. The van der Waals surface area contributed by atoms with Crippen molar-refractivity contribution in [2.24, 2.45) is 0 Å². The summed E-state index contributed by atoms with van der Waals surface area (Å²) in [6.45, 7) is 0.276. The normalized spacial score (nSPS) is 11.1. The maximum Gasteiger partial charge on any atom is 0.251 e. The number of nitrogens with one attached hydrogen (secondary N) is 1. The first-order valence-corrected chi connectivity index (χ1v) is 7.69. The summed E-state index contributed by atoms with van der Waals surface area (Å²) >= 11 is 0. The second-order valence-electron chi connectivity index (χ2n) is 4.20. The third-order valence-corrected chi connectivity index (χ3v) is 3.57. The van der Waals surface area contributed by atoms with Crippen molar-refractivity contribution in [1.82, 2.24) is 15.3 Å². The van der Waals surface area contributed by atoms with Gasteiger partial charge >= 0.3 is 0 Å². The van der Waals surface area contributed by atoms with Gasteiger partial charge in [0.2, 0.25) is 0 Å².